The van der Waals surface area contributed by atoms with Gasteiger partial charge in [-0.1, -0.05) is 13.8 Å². The van der Waals surface area contributed by atoms with E-state index in [0.29, 0.717) is 24.7 Å². The van der Waals surface area contributed by atoms with Crippen LogP contribution in [-0.2, 0) is 4.79 Å². The highest BCUT2D eigenvalue weighted by Crippen LogP contribution is 2.22. The van der Waals surface area contributed by atoms with Crippen molar-refractivity contribution in [2.24, 2.45) is 5.92 Å². The summed E-state index contributed by atoms with van der Waals surface area (Å²) >= 11 is 0. The Kier molecular flexibility index (Phi) is 2.87. The van der Waals surface area contributed by atoms with E-state index in [-0.39, 0.29) is 17.4 Å². The van der Waals surface area contributed by atoms with Crippen LogP contribution in [0.15, 0.2) is 10.9 Å². The number of hydrogen-bond donors (Lipinski definition) is 2. The molecule has 1 saturated heterocycles. The van der Waals surface area contributed by atoms with Gasteiger partial charge in [0.15, 0.2) is 0 Å². The molecule has 6 heteroatoms. The summed E-state index contributed by atoms with van der Waals surface area (Å²) in [5.41, 5.74) is -0.197. The molecule has 0 amide bonds. The first-order chi connectivity index (χ1) is 7.97. The van der Waals surface area contributed by atoms with Crippen LogP contribution in [0.1, 0.15) is 25.6 Å². The summed E-state index contributed by atoms with van der Waals surface area (Å²) in [5.74, 6) is 0.189. The minimum absolute atomic E-state index is 0.138. The number of nitrogens with one attached hydrogen (secondary N) is 1. The molecule has 1 aliphatic heterocycles. The van der Waals surface area contributed by atoms with E-state index in [0.717, 1.165) is 0 Å². The topological polar surface area (TPSA) is 86.3 Å². The number of rotatable bonds is 3. The van der Waals surface area contributed by atoms with Gasteiger partial charge in [0.25, 0.3) is 5.56 Å². The summed E-state index contributed by atoms with van der Waals surface area (Å²) in [6.45, 7) is 4.73. The highest BCUT2D eigenvalue weighted by atomic mass is 16.4. The number of carbonyl (C=O) groups is 1. The summed E-state index contributed by atoms with van der Waals surface area (Å²) in [6.07, 6.45) is 0. The average molecular weight is 237 g/mol. The van der Waals surface area contributed by atoms with Crippen molar-refractivity contribution in [3.63, 3.8) is 0 Å². The van der Waals surface area contributed by atoms with Crippen LogP contribution >= 0.6 is 0 Å². The number of aromatic amines is 1. The standard InChI is InChI=1S/C11H15N3O3/c1-6(2)10-12-8(3-9(15)13-10)14-4-7(5-14)11(16)17/h3,6-7H,4-5H2,1-2H3,(H,16,17)(H,12,13,15). The maximum atomic E-state index is 11.4. The van der Waals surface area contributed by atoms with Gasteiger partial charge in [0.2, 0.25) is 0 Å². The number of aliphatic carboxylic acids is 1. The summed E-state index contributed by atoms with van der Waals surface area (Å²) < 4.78 is 0. The zero-order chi connectivity index (χ0) is 12.6. The van der Waals surface area contributed by atoms with Crippen molar-refractivity contribution in [1.82, 2.24) is 9.97 Å². The zero-order valence-corrected chi connectivity index (χ0v) is 9.80. The Morgan fingerprint density at radius 2 is 2.24 bits per heavy atom. The van der Waals surface area contributed by atoms with Crippen molar-refractivity contribution in [2.45, 2.75) is 19.8 Å². The van der Waals surface area contributed by atoms with E-state index in [1.54, 1.807) is 4.90 Å². The highest BCUT2D eigenvalue weighted by molar-refractivity contribution is 5.74. The van der Waals surface area contributed by atoms with Crippen LogP contribution in [-0.4, -0.2) is 34.1 Å². The molecule has 1 aromatic rings. The van der Waals surface area contributed by atoms with Gasteiger partial charge in [0.05, 0.1) is 5.92 Å². The third-order valence-corrected chi connectivity index (χ3v) is 2.85. The first kappa shape index (κ1) is 11.6. The molecular formula is C11H15N3O3. The SMILES string of the molecule is CC(C)c1nc(N2CC(C(=O)O)C2)cc(=O)[nH]1. The normalized spacial score (nSPS) is 16.1. The van der Waals surface area contributed by atoms with Crippen LogP contribution in [0.25, 0.3) is 0 Å². The van der Waals surface area contributed by atoms with Crippen molar-refractivity contribution in [2.75, 3.05) is 18.0 Å². The number of carboxylic acid groups (broad SMARTS) is 1. The van der Waals surface area contributed by atoms with Crippen molar-refractivity contribution in [3.8, 4) is 0 Å². The largest absolute Gasteiger partial charge is 0.481 e. The maximum absolute atomic E-state index is 11.4. The Morgan fingerprint density at radius 3 is 2.76 bits per heavy atom. The number of anilines is 1. The van der Waals surface area contributed by atoms with Gasteiger partial charge in [0.1, 0.15) is 11.6 Å². The van der Waals surface area contributed by atoms with Gasteiger partial charge in [-0.3, -0.25) is 9.59 Å². The van der Waals surface area contributed by atoms with E-state index < -0.39 is 5.97 Å². The second-order valence-corrected chi connectivity index (χ2v) is 4.58. The lowest BCUT2D eigenvalue weighted by Gasteiger charge is -2.37. The second kappa shape index (κ2) is 4.20. The predicted molar refractivity (Wildman–Crippen MR) is 62.3 cm³/mol. The number of nitrogens with zero attached hydrogens (tertiary/aromatic N) is 2. The molecule has 0 bridgehead atoms. The van der Waals surface area contributed by atoms with E-state index in [1.807, 2.05) is 13.8 Å². The van der Waals surface area contributed by atoms with Gasteiger partial charge in [-0.15, -0.1) is 0 Å². The molecule has 0 spiro atoms. The third-order valence-electron chi connectivity index (χ3n) is 2.85. The van der Waals surface area contributed by atoms with E-state index in [9.17, 15) is 9.59 Å². The molecule has 92 valence electrons. The van der Waals surface area contributed by atoms with Gasteiger partial charge in [-0.25, -0.2) is 4.98 Å². The van der Waals surface area contributed by atoms with Gasteiger partial charge >= 0.3 is 5.97 Å². The molecule has 2 heterocycles. The first-order valence-corrected chi connectivity index (χ1v) is 5.56. The molecule has 17 heavy (non-hydrogen) atoms. The molecule has 0 aliphatic carbocycles. The van der Waals surface area contributed by atoms with Crippen molar-refractivity contribution in [1.29, 1.82) is 0 Å². The van der Waals surface area contributed by atoms with Crippen LogP contribution in [0.5, 0.6) is 0 Å². The summed E-state index contributed by atoms with van der Waals surface area (Å²) in [4.78, 5) is 30.9. The molecule has 0 atom stereocenters. The first-order valence-electron chi connectivity index (χ1n) is 5.56. The van der Waals surface area contributed by atoms with Crippen molar-refractivity contribution < 1.29 is 9.90 Å². The molecule has 1 fully saturated rings. The molecule has 2 N–H and O–H groups in total. The minimum Gasteiger partial charge on any atom is -0.481 e. The Labute approximate surface area is 98.3 Å². The Bertz CT molecular complexity index is 489. The molecule has 0 unspecified atom stereocenters. The zero-order valence-electron chi connectivity index (χ0n) is 9.80. The lowest BCUT2D eigenvalue weighted by molar-refractivity contribution is -0.142. The Hall–Kier alpha value is -1.85. The summed E-state index contributed by atoms with van der Waals surface area (Å²) in [7, 11) is 0. The summed E-state index contributed by atoms with van der Waals surface area (Å²) in [5, 5.41) is 8.78. The minimum atomic E-state index is -0.796. The van der Waals surface area contributed by atoms with Gasteiger partial charge in [-0.2, -0.15) is 0 Å². The van der Waals surface area contributed by atoms with Crippen molar-refractivity contribution in [3.05, 3.63) is 22.2 Å². The smallest absolute Gasteiger partial charge is 0.310 e. The third kappa shape index (κ3) is 2.30. The van der Waals surface area contributed by atoms with Crippen LogP contribution in [0.4, 0.5) is 5.82 Å². The quantitative estimate of drug-likeness (QED) is 0.795. The average Bonchev–Trinajstić information content (AvgIpc) is 2.13. The van der Waals surface area contributed by atoms with Crippen molar-refractivity contribution >= 4 is 11.8 Å². The van der Waals surface area contributed by atoms with E-state index in [1.165, 1.54) is 6.07 Å². The fourth-order valence-corrected chi connectivity index (χ4v) is 1.72. The number of hydrogen-bond acceptors (Lipinski definition) is 4. The summed E-state index contributed by atoms with van der Waals surface area (Å²) in [6, 6.07) is 1.41. The van der Waals surface area contributed by atoms with Gasteiger partial charge in [-0.05, 0) is 0 Å². The molecule has 2 rings (SSSR count). The number of aromatic nitrogens is 2. The molecule has 0 aromatic carbocycles. The molecule has 6 nitrogen and oxygen atoms in total. The lowest BCUT2D eigenvalue weighted by Crippen LogP contribution is -2.51. The molecule has 1 aromatic heterocycles. The van der Waals surface area contributed by atoms with E-state index in [2.05, 4.69) is 9.97 Å². The van der Waals surface area contributed by atoms with Crippen LogP contribution in [0.3, 0.4) is 0 Å². The number of carboxylic acids is 1. The van der Waals surface area contributed by atoms with Gasteiger partial charge < -0.3 is 15.0 Å². The lowest BCUT2D eigenvalue weighted by atomic mass is 10.0. The maximum Gasteiger partial charge on any atom is 0.310 e. The van der Waals surface area contributed by atoms with Crippen LogP contribution in [0, 0.1) is 5.92 Å². The predicted octanol–water partition coefficient (Wildman–Crippen LogP) is 0.414. The number of H-pyrrole nitrogens is 1. The molecular weight excluding hydrogens is 222 g/mol. The fraction of sp³-hybridized carbons (Fsp3) is 0.545. The highest BCUT2D eigenvalue weighted by Gasteiger charge is 2.33. The Morgan fingerprint density at radius 1 is 1.59 bits per heavy atom. The Balaban J connectivity index is 2.18. The molecule has 0 saturated carbocycles. The van der Waals surface area contributed by atoms with Crippen LogP contribution < -0.4 is 10.5 Å². The van der Waals surface area contributed by atoms with E-state index in [4.69, 9.17) is 5.11 Å². The molecule has 1 aliphatic rings. The van der Waals surface area contributed by atoms with Crippen LogP contribution in [0.2, 0.25) is 0 Å². The fourth-order valence-electron chi connectivity index (χ4n) is 1.72. The second-order valence-electron chi connectivity index (χ2n) is 4.58. The monoisotopic (exact) mass is 237 g/mol. The molecule has 0 radical (unpaired) electrons. The van der Waals surface area contributed by atoms with E-state index >= 15 is 0 Å². The van der Waals surface area contributed by atoms with Gasteiger partial charge in [0, 0.05) is 25.1 Å².